The maximum atomic E-state index is 12.1. The number of carbonyl (C=O) groups is 1. The lowest BCUT2D eigenvalue weighted by Crippen LogP contribution is -2.17. The van der Waals surface area contributed by atoms with Gasteiger partial charge in [0, 0.05) is 49.5 Å². The Balaban J connectivity index is 1.50. The molecule has 0 spiro atoms. The Morgan fingerprint density at radius 2 is 1.84 bits per heavy atom. The molecule has 0 aliphatic carbocycles. The summed E-state index contributed by atoms with van der Waals surface area (Å²) in [7, 11) is 1.81. The van der Waals surface area contributed by atoms with Crippen molar-refractivity contribution in [3.8, 4) is 11.1 Å². The molecule has 124 valence electrons. The summed E-state index contributed by atoms with van der Waals surface area (Å²) >= 11 is 0. The minimum absolute atomic E-state index is 0.0569. The third-order valence-corrected chi connectivity index (χ3v) is 4.10. The van der Waals surface area contributed by atoms with Gasteiger partial charge in [-0.15, -0.1) is 0 Å². The molecule has 0 radical (unpaired) electrons. The van der Waals surface area contributed by atoms with Gasteiger partial charge in [0.05, 0.1) is 6.54 Å². The highest BCUT2D eigenvalue weighted by molar-refractivity contribution is 5.99. The zero-order chi connectivity index (χ0) is 17.2. The van der Waals surface area contributed by atoms with Crippen LogP contribution in [0.3, 0.4) is 0 Å². The van der Waals surface area contributed by atoms with Crippen LogP contribution in [0.15, 0.2) is 49.1 Å². The van der Waals surface area contributed by atoms with E-state index in [0.717, 1.165) is 22.3 Å². The Labute approximate surface area is 144 Å². The Morgan fingerprint density at radius 1 is 1.08 bits per heavy atom. The van der Waals surface area contributed by atoms with Gasteiger partial charge in [-0.2, -0.15) is 0 Å². The number of hydrogen-bond donors (Lipinski definition) is 1. The van der Waals surface area contributed by atoms with E-state index in [9.17, 15) is 4.79 Å². The number of nitrogens with one attached hydrogen (secondary N) is 1. The molecule has 1 amide bonds. The Hall–Kier alpha value is -3.35. The van der Waals surface area contributed by atoms with Crippen molar-refractivity contribution in [1.82, 2.24) is 24.8 Å². The van der Waals surface area contributed by atoms with Crippen molar-refractivity contribution in [1.29, 1.82) is 0 Å². The number of carbonyl (C=O) groups excluding carboxylic acids is 1. The van der Waals surface area contributed by atoms with Gasteiger partial charge in [0.15, 0.2) is 0 Å². The first kappa shape index (κ1) is 15.2. The normalized spacial score (nSPS) is 13.0. The van der Waals surface area contributed by atoms with Gasteiger partial charge in [-0.25, -0.2) is 19.9 Å². The summed E-state index contributed by atoms with van der Waals surface area (Å²) in [6, 6.07) is 7.67. The highest BCUT2D eigenvalue weighted by Gasteiger charge is 2.24. The summed E-state index contributed by atoms with van der Waals surface area (Å²) < 4.78 is 0. The molecule has 7 nitrogen and oxygen atoms in total. The van der Waals surface area contributed by atoms with Gasteiger partial charge in [0.25, 0.3) is 5.91 Å². The second-order valence-corrected chi connectivity index (χ2v) is 5.85. The van der Waals surface area contributed by atoms with Crippen LogP contribution in [0, 0.1) is 0 Å². The zero-order valence-corrected chi connectivity index (χ0v) is 13.7. The van der Waals surface area contributed by atoms with E-state index in [1.807, 2.05) is 25.2 Å². The molecule has 1 aromatic carbocycles. The molecule has 0 bridgehead atoms. The quantitative estimate of drug-likeness (QED) is 0.788. The van der Waals surface area contributed by atoms with E-state index in [1.165, 1.54) is 0 Å². The molecule has 3 aromatic rings. The third-order valence-electron chi connectivity index (χ3n) is 4.10. The lowest BCUT2D eigenvalue weighted by Gasteiger charge is -2.06. The van der Waals surface area contributed by atoms with Gasteiger partial charge in [-0.05, 0) is 23.3 Å². The molecular weight excluding hydrogens is 316 g/mol. The molecule has 25 heavy (non-hydrogen) atoms. The summed E-state index contributed by atoms with van der Waals surface area (Å²) in [5.74, 6) is 1.24. The first-order chi connectivity index (χ1) is 12.2. The topological polar surface area (TPSA) is 83.9 Å². The van der Waals surface area contributed by atoms with E-state index in [-0.39, 0.29) is 5.91 Å². The van der Waals surface area contributed by atoms with Gasteiger partial charge in [0.2, 0.25) is 5.95 Å². The predicted molar refractivity (Wildman–Crippen MR) is 92.6 cm³/mol. The molecule has 1 N–H and O–H groups in total. The number of nitrogens with zero attached hydrogens (tertiary/aromatic N) is 5. The molecular formula is C18H16N6O. The maximum absolute atomic E-state index is 12.1. The van der Waals surface area contributed by atoms with Crippen LogP contribution < -0.4 is 5.32 Å². The summed E-state index contributed by atoms with van der Waals surface area (Å²) in [6.07, 6.45) is 6.87. The largest absolute Gasteiger partial charge is 0.347 e. The number of hydrogen-bond acceptors (Lipinski definition) is 6. The molecule has 0 saturated heterocycles. The van der Waals surface area contributed by atoms with Gasteiger partial charge < -0.3 is 10.2 Å². The average Bonchev–Trinajstić information content (AvgIpc) is 2.95. The van der Waals surface area contributed by atoms with Crippen LogP contribution in [0.2, 0.25) is 0 Å². The zero-order valence-electron chi connectivity index (χ0n) is 13.7. The van der Waals surface area contributed by atoms with Crippen LogP contribution in [0.1, 0.15) is 21.7 Å². The minimum Gasteiger partial charge on any atom is -0.347 e. The van der Waals surface area contributed by atoms with Crippen molar-refractivity contribution in [3.63, 3.8) is 0 Å². The SMILES string of the molecule is CN1Cc2ccc(-c3cnc(CNc4ncccn4)nc3)cc2C1=O. The third kappa shape index (κ3) is 3.03. The fraction of sp³-hybridized carbons (Fsp3) is 0.167. The average molecular weight is 332 g/mol. The van der Waals surface area contributed by atoms with E-state index in [2.05, 4.69) is 25.3 Å². The van der Waals surface area contributed by atoms with Crippen LogP contribution >= 0.6 is 0 Å². The van der Waals surface area contributed by atoms with Crippen LogP contribution in [-0.4, -0.2) is 37.8 Å². The lowest BCUT2D eigenvalue weighted by atomic mass is 10.0. The first-order valence-corrected chi connectivity index (χ1v) is 7.91. The van der Waals surface area contributed by atoms with Crippen molar-refractivity contribution < 1.29 is 4.79 Å². The van der Waals surface area contributed by atoms with Gasteiger partial charge in [-0.3, -0.25) is 4.79 Å². The smallest absolute Gasteiger partial charge is 0.254 e. The van der Waals surface area contributed by atoms with Crippen LogP contribution in [0.25, 0.3) is 11.1 Å². The molecule has 0 fully saturated rings. The van der Waals surface area contributed by atoms with Crippen LogP contribution in [-0.2, 0) is 13.1 Å². The molecule has 7 heteroatoms. The van der Waals surface area contributed by atoms with Gasteiger partial charge in [-0.1, -0.05) is 12.1 Å². The number of rotatable bonds is 4. The molecule has 4 rings (SSSR count). The van der Waals surface area contributed by atoms with E-state index in [4.69, 9.17) is 0 Å². The number of fused-ring (bicyclic) bond motifs is 1. The maximum Gasteiger partial charge on any atom is 0.254 e. The van der Waals surface area contributed by atoms with Crippen molar-refractivity contribution >= 4 is 11.9 Å². The van der Waals surface area contributed by atoms with E-state index in [0.29, 0.717) is 24.9 Å². The van der Waals surface area contributed by atoms with Crippen molar-refractivity contribution in [2.45, 2.75) is 13.1 Å². The van der Waals surface area contributed by atoms with Gasteiger partial charge in [0.1, 0.15) is 5.82 Å². The Morgan fingerprint density at radius 3 is 2.60 bits per heavy atom. The van der Waals surface area contributed by atoms with Crippen LogP contribution in [0.4, 0.5) is 5.95 Å². The molecule has 3 heterocycles. The second-order valence-electron chi connectivity index (χ2n) is 5.85. The Bertz CT molecular complexity index is 911. The number of amides is 1. The summed E-state index contributed by atoms with van der Waals surface area (Å²) in [4.78, 5) is 30.8. The highest BCUT2D eigenvalue weighted by atomic mass is 16.2. The molecule has 1 aliphatic heterocycles. The molecule has 2 aromatic heterocycles. The minimum atomic E-state index is 0.0569. The first-order valence-electron chi connectivity index (χ1n) is 7.91. The number of aromatic nitrogens is 4. The molecule has 0 unspecified atom stereocenters. The van der Waals surface area contributed by atoms with Crippen molar-refractivity contribution in [3.05, 3.63) is 66.0 Å². The summed E-state index contributed by atoms with van der Waals surface area (Å²) in [5, 5.41) is 3.07. The second kappa shape index (κ2) is 6.27. The van der Waals surface area contributed by atoms with E-state index < -0.39 is 0 Å². The lowest BCUT2D eigenvalue weighted by molar-refractivity contribution is 0.0816. The summed E-state index contributed by atoms with van der Waals surface area (Å²) in [6.45, 7) is 1.11. The van der Waals surface area contributed by atoms with E-state index >= 15 is 0 Å². The number of benzene rings is 1. The van der Waals surface area contributed by atoms with E-state index in [1.54, 1.807) is 35.8 Å². The van der Waals surface area contributed by atoms with Crippen molar-refractivity contribution in [2.24, 2.45) is 0 Å². The molecule has 1 aliphatic rings. The predicted octanol–water partition coefficient (Wildman–Crippen LogP) is 2.13. The fourth-order valence-electron chi connectivity index (χ4n) is 2.77. The number of anilines is 1. The molecule has 0 atom stereocenters. The fourth-order valence-corrected chi connectivity index (χ4v) is 2.77. The standard InChI is InChI=1S/C18H16N6O/c1-24-11-13-4-3-12(7-15(13)17(24)25)14-8-21-16(22-9-14)10-23-18-19-5-2-6-20-18/h2-9H,10-11H2,1H3,(H,19,20,23). The van der Waals surface area contributed by atoms with Crippen LogP contribution in [0.5, 0.6) is 0 Å². The Kier molecular flexibility index (Phi) is 3.81. The monoisotopic (exact) mass is 332 g/mol. The summed E-state index contributed by atoms with van der Waals surface area (Å²) in [5.41, 5.74) is 3.63. The highest BCUT2D eigenvalue weighted by Crippen LogP contribution is 2.27. The van der Waals surface area contributed by atoms with Gasteiger partial charge >= 0.3 is 0 Å². The van der Waals surface area contributed by atoms with Crippen molar-refractivity contribution in [2.75, 3.05) is 12.4 Å². The molecule has 0 saturated carbocycles.